The minimum atomic E-state index is -0.236. The Hall–Kier alpha value is -1.12. The molecule has 0 bridgehead atoms. The number of methoxy groups -OCH3 is 1. The van der Waals surface area contributed by atoms with E-state index in [9.17, 15) is 4.79 Å². The molecule has 1 aromatic rings. The number of isocyanates is 1. The van der Waals surface area contributed by atoms with Crippen LogP contribution in [0.2, 0.25) is 0 Å². The van der Waals surface area contributed by atoms with Gasteiger partial charge in [0.15, 0.2) is 0 Å². The molecular weight excluding hydrogens is 246 g/mol. The van der Waals surface area contributed by atoms with Gasteiger partial charge in [0.2, 0.25) is 6.08 Å². The van der Waals surface area contributed by atoms with Gasteiger partial charge in [-0.15, -0.1) is 0 Å². The number of hydrogen-bond acceptors (Lipinski definition) is 3. The lowest BCUT2D eigenvalue weighted by Crippen LogP contribution is -1.95. The summed E-state index contributed by atoms with van der Waals surface area (Å²) in [4.78, 5) is 13.8. The Morgan fingerprint density at radius 1 is 1.57 bits per heavy atom. The highest BCUT2D eigenvalue weighted by molar-refractivity contribution is 9.10. The monoisotopic (exact) mass is 255 g/mol. The van der Waals surface area contributed by atoms with Gasteiger partial charge in [0.25, 0.3) is 0 Å². The van der Waals surface area contributed by atoms with E-state index >= 15 is 0 Å². The van der Waals surface area contributed by atoms with Crippen LogP contribution in [0.25, 0.3) is 0 Å². The fraction of sp³-hybridized carbons (Fsp3) is 0.300. The Balaban J connectivity index is 3.19. The van der Waals surface area contributed by atoms with Crippen molar-refractivity contribution in [3.8, 4) is 5.75 Å². The topological polar surface area (TPSA) is 38.7 Å². The van der Waals surface area contributed by atoms with Gasteiger partial charge in [-0.05, 0) is 28.9 Å². The molecule has 3 nitrogen and oxygen atoms in total. The molecule has 0 aliphatic carbocycles. The maximum atomic E-state index is 10.1. The van der Waals surface area contributed by atoms with E-state index in [0.29, 0.717) is 5.75 Å². The van der Waals surface area contributed by atoms with Crippen LogP contribution in [0.15, 0.2) is 27.7 Å². The lowest BCUT2D eigenvalue weighted by atomic mass is 10.1. The number of rotatable bonds is 3. The number of carbonyl (C=O) groups excluding carboxylic acids is 1. The van der Waals surface area contributed by atoms with Crippen molar-refractivity contribution in [2.24, 2.45) is 4.99 Å². The zero-order valence-electron chi connectivity index (χ0n) is 7.95. The molecule has 0 aliphatic rings. The molecule has 1 unspecified atom stereocenters. The third kappa shape index (κ3) is 2.22. The minimum absolute atomic E-state index is 0.236. The summed E-state index contributed by atoms with van der Waals surface area (Å²) in [5, 5.41) is 0. The Labute approximate surface area is 90.9 Å². The Morgan fingerprint density at radius 3 is 2.86 bits per heavy atom. The Morgan fingerprint density at radius 2 is 2.29 bits per heavy atom. The van der Waals surface area contributed by atoms with Crippen molar-refractivity contribution in [1.29, 1.82) is 0 Å². The highest BCUT2D eigenvalue weighted by Crippen LogP contribution is 2.33. The maximum Gasteiger partial charge on any atom is 0.235 e. The van der Waals surface area contributed by atoms with Crippen LogP contribution < -0.4 is 4.74 Å². The van der Waals surface area contributed by atoms with Crippen molar-refractivity contribution in [2.75, 3.05) is 7.11 Å². The molecule has 0 heterocycles. The zero-order valence-corrected chi connectivity index (χ0v) is 9.54. The molecular formula is C10H10BrNO2. The molecule has 0 aromatic heterocycles. The standard InChI is InChI=1S/C10H10BrNO2/c1-7(12-6-13)8-4-3-5-9(11)10(8)14-2/h3-5,7H,1-2H3. The van der Waals surface area contributed by atoms with Crippen LogP contribution >= 0.6 is 15.9 Å². The second kappa shape index (κ2) is 4.94. The number of nitrogens with zero attached hydrogens (tertiary/aromatic N) is 1. The molecule has 0 N–H and O–H groups in total. The first-order chi connectivity index (χ1) is 6.70. The van der Waals surface area contributed by atoms with Gasteiger partial charge in [-0.2, -0.15) is 4.99 Å². The summed E-state index contributed by atoms with van der Waals surface area (Å²) in [6.45, 7) is 1.81. The number of hydrogen-bond donors (Lipinski definition) is 0. The fourth-order valence-corrected chi connectivity index (χ4v) is 1.76. The van der Waals surface area contributed by atoms with E-state index in [4.69, 9.17) is 4.74 Å². The summed E-state index contributed by atoms with van der Waals surface area (Å²) in [6.07, 6.45) is 1.54. The molecule has 0 aliphatic heterocycles. The first kappa shape index (κ1) is 11.0. The summed E-state index contributed by atoms with van der Waals surface area (Å²) in [5.41, 5.74) is 0.866. The first-order valence-electron chi connectivity index (χ1n) is 4.10. The van der Waals surface area contributed by atoms with E-state index in [0.717, 1.165) is 10.0 Å². The summed E-state index contributed by atoms with van der Waals surface area (Å²) >= 11 is 3.36. The van der Waals surface area contributed by atoms with Crippen molar-refractivity contribution in [2.45, 2.75) is 13.0 Å². The third-order valence-electron chi connectivity index (χ3n) is 1.90. The summed E-state index contributed by atoms with van der Waals surface area (Å²) in [6, 6.07) is 5.38. The summed E-state index contributed by atoms with van der Waals surface area (Å²) in [5.74, 6) is 0.707. The molecule has 1 aromatic carbocycles. The molecule has 1 rings (SSSR count). The van der Waals surface area contributed by atoms with Crippen LogP contribution in [0.5, 0.6) is 5.75 Å². The normalized spacial score (nSPS) is 11.6. The minimum Gasteiger partial charge on any atom is -0.495 e. The van der Waals surface area contributed by atoms with Crippen LogP contribution in [0, 0.1) is 0 Å². The van der Waals surface area contributed by atoms with Crippen LogP contribution in [-0.2, 0) is 4.79 Å². The third-order valence-corrected chi connectivity index (χ3v) is 2.52. The largest absolute Gasteiger partial charge is 0.495 e. The zero-order chi connectivity index (χ0) is 10.6. The lowest BCUT2D eigenvalue weighted by molar-refractivity contribution is 0.404. The molecule has 0 saturated carbocycles. The molecule has 0 amide bonds. The van der Waals surface area contributed by atoms with Crippen molar-refractivity contribution >= 4 is 22.0 Å². The van der Waals surface area contributed by atoms with Gasteiger partial charge >= 0.3 is 0 Å². The number of halogens is 1. The van der Waals surface area contributed by atoms with Crippen LogP contribution in [0.3, 0.4) is 0 Å². The van der Waals surface area contributed by atoms with E-state index in [2.05, 4.69) is 20.9 Å². The molecule has 14 heavy (non-hydrogen) atoms. The lowest BCUT2D eigenvalue weighted by Gasteiger charge is -2.11. The van der Waals surface area contributed by atoms with E-state index in [1.165, 1.54) is 0 Å². The molecule has 0 spiro atoms. The van der Waals surface area contributed by atoms with Gasteiger partial charge in [-0.25, -0.2) is 4.79 Å². The fourth-order valence-electron chi connectivity index (χ4n) is 1.22. The van der Waals surface area contributed by atoms with E-state index < -0.39 is 0 Å². The average Bonchev–Trinajstić information content (AvgIpc) is 2.17. The molecule has 4 heteroatoms. The highest BCUT2D eigenvalue weighted by atomic mass is 79.9. The van der Waals surface area contributed by atoms with Crippen LogP contribution in [0.1, 0.15) is 18.5 Å². The molecule has 0 fully saturated rings. The van der Waals surface area contributed by atoms with Crippen LogP contribution in [0.4, 0.5) is 0 Å². The second-order valence-electron chi connectivity index (χ2n) is 2.76. The summed E-state index contributed by atoms with van der Waals surface area (Å²) < 4.78 is 6.06. The van der Waals surface area contributed by atoms with Crippen molar-refractivity contribution < 1.29 is 9.53 Å². The average molecular weight is 256 g/mol. The molecule has 0 saturated heterocycles. The maximum absolute atomic E-state index is 10.1. The number of aliphatic imine (C=N–C) groups is 1. The predicted molar refractivity (Wildman–Crippen MR) is 57.2 cm³/mol. The number of ether oxygens (including phenoxy) is 1. The van der Waals surface area contributed by atoms with E-state index in [1.807, 2.05) is 25.1 Å². The quantitative estimate of drug-likeness (QED) is 0.616. The van der Waals surface area contributed by atoms with Crippen molar-refractivity contribution in [1.82, 2.24) is 0 Å². The van der Waals surface area contributed by atoms with Crippen molar-refractivity contribution in [3.05, 3.63) is 28.2 Å². The molecule has 1 atom stereocenters. The highest BCUT2D eigenvalue weighted by Gasteiger charge is 2.12. The van der Waals surface area contributed by atoms with Gasteiger partial charge in [0, 0.05) is 5.56 Å². The SMILES string of the molecule is COc1c(Br)cccc1C(C)N=C=O. The second-order valence-corrected chi connectivity index (χ2v) is 3.61. The van der Waals surface area contributed by atoms with Gasteiger partial charge < -0.3 is 4.74 Å². The van der Waals surface area contributed by atoms with E-state index in [1.54, 1.807) is 13.2 Å². The van der Waals surface area contributed by atoms with Crippen LogP contribution in [-0.4, -0.2) is 13.2 Å². The summed E-state index contributed by atoms with van der Waals surface area (Å²) in [7, 11) is 1.58. The Bertz CT molecular complexity index is 372. The van der Waals surface area contributed by atoms with Gasteiger partial charge in [-0.3, -0.25) is 0 Å². The smallest absolute Gasteiger partial charge is 0.235 e. The van der Waals surface area contributed by atoms with Crippen molar-refractivity contribution in [3.63, 3.8) is 0 Å². The number of benzene rings is 1. The Kier molecular flexibility index (Phi) is 3.86. The van der Waals surface area contributed by atoms with Gasteiger partial charge in [-0.1, -0.05) is 12.1 Å². The van der Waals surface area contributed by atoms with E-state index in [-0.39, 0.29) is 6.04 Å². The van der Waals surface area contributed by atoms with Gasteiger partial charge in [0.05, 0.1) is 17.6 Å². The first-order valence-corrected chi connectivity index (χ1v) is 4.89. The number of para-hydroxylation sites is 1. The van der Waals surface area contributed by atoms with Gasteiger partial charge in [0.1, 0.15) is 5.75 Å². The molecule has 74 valence electrons. The molecule has 0 radical (unpaired) electrons. The predicted octanol–water partition coefficient (Wildman–Crippen LogP) is 2.85.